The quantitative estimate of drug-likeness (QED) is 0.850. The first-order chi connectivity index (χ1) is 10.7. The highest BCUT2D eigenvalue weighted by Gasteiger charge is 2.35. The maximum absolute atomic E-state index is 12.4. The number of hydrogen-bond acceptors (Lipinski definition) is 4. The van der Waals surface area contributed by atoms with Crippen LogP contribution in [0.1, 0.15) is 17.9 Å². The Bertz CT molecular complexity index is 633. The Morgan fingerprint density at radius 2 is 2.09 bits per heavy atom. The third kappa shape index (κ3) is 2.13. The highest BCUT2D eigenvalue weighted by atomic mass is 16.7. The first kappa shape index (κ1) is 13.2. The van der Waals surface area contributed by atoms with Crippen molar-refractivity contribution in [1.29, 1.82) is 0 Å². The van der Waals surface area contributed by atoms with E-state index in [4.69, 9.17) is 9.47 Å². The molecule has 0 unspecified atom stereocenters. The van der Waals surface area contributed by atoms with Crippen molar-refractivity contribution in [3.8, 4) is 11.5 Å². The van der Waals surface area contributed by atoms with Crippen LogP contribution >= 0.6 is 0 Å². The fourth-order valence-electron chi connectivity index (χ4n) is 3.20. The van der Waals surface area contributed by atoms with Gasteiger partial charge in [-0.1, -0.05) is 6.07 Å². The molecule has 3 aliphatic heterocycles. The number of urea groups is 2. The number of likely N-dealkylation sites (tertiary alicyclic amines) is 1. The normalized spacial score (nSPS) is 23.1. The Labute approximate surface area is 127 Å². The van der Waals surface area contributed by atoms with Crippen molar-refractivity contribution in [2.45, 2.75) is 12.3 Å². The van der Waals surface area contributed by atoms with Gasteiger partial charge in [0.25, 0.3) is 0 Å². The molecule has 0 radical (unpaired) electrons. The number of ether oxygens (including phenoxy) is 2. The molecule has 0 spiro atoms. The number of hydrogen-bond donors (Lipinski definition) is 1. The molecule has 1 aromatic rings. The SMILES string of the molecule is O=C1NCCN1C(=O)N1CC[C@@H](c2ccc3c(c2)OCO3)C1. The van der Waals surface area contributed by atoms with Gasteiger partial charge in [0.05, 0.1) is 0 Å². The van der Waals surface area contributed by atoms with Crippen LogP contribution < -0.4 is 14.8 Å². The van der Waals surface area contributed by atoms with E-state index in [1.807, 2.05) is 18.2 Å². The number of carbonyl (C=O) groups is 2. The Balaban J connectivity index is 1.46. The van der Waals surface area contributed by atoms with E-state index in [-0.39, 0.29) is 24.8 Å². The Morgan fingerprint density at radius 3 is 2.91 bits per heavy atom. The lowest BCUT2D eigenvalue weighted by Gasteiger charge is -2.22. The number of imide groups is 1. The van der Waals surface area contributed by atoms with Gasteiger partial charge in [-0.2, -0.15) is 0 Å². The molecule has 3 aliphatic rings. The molecule has 1 N–H and O–H groups in total. The van der Waals surface area contributed by atoms with E-state index in [0.717, 1.165) is 23.5 Å². The summed E-state index contributed by atoms with van der Waals surface area (Å²) in [5.74, 6) is 1.80. The molecule has 2 saturated heterocycles. The van der Waals surface area contributed by atoms with Crippen LogP contribution in [0.2, 0.25) is 0 Å². The van der Waals surface area contributed by atoms with Crippen molar-refractivity contribution < 1.29 is 19.1 Å². The van der Waals surface area contributed by atoms with Gasteiger partial charge in [-0.15, -0.1) is 0 Å². The van der Waals surface area contributed by atoms with Crippen LogP contribution in [0.15, 0.2) is 18.2 Å². The maximum atomic E-state index is 12.4. The van der Waals surface area contributed by atoms with Gasteiger partial charge in [-0.25, -0.2) is 14.5 Å². The van der Waals surface area contributed by atoms with Crippen molar-refractivity contribution in [1.82, 2.24) is 15.1 Å². The minimum Gasteiger partial charge on any atom is -0.454 e. The van der Waals surface area contributed by atoms with Crippen molar-refractivity contribution in [3.63, 3.8) is 0 Å². The lowest BCUT2D eigenvalue weighted by molar-refractivity contribution is 0.172. The summed E-state index contributed by atoms with van der Waals surface area (Å²) >= 11 is 0. The molecule has 0 saturated carbocycles. The summed E-state index contributed by atoms with van der Waals surface area (Å²) in [6.07, 6.45) is 0.890. The van der Waals surface area contributed by atoms with Crippen LogP contribution in [0.5, 0.6) is 11.5 Å². The smallest absolute Gasteiger partial charge is 0.328 e. The fourth-order valence-corrected chi connectivity index (χ4v) is 3.20. The molecular weight excluding hydrogens is 286 g/mol. The third-order valence-electron chi connectivity index (χ3n) is 4.41. The van der Waals surface area contributed by atoms with Gasteiger partial charge in [0.15, 0.2) is 11.5 Å². The van der Waals surface area contributed by atoms with Gasteiger partial charge in [-0.3, -0.25) is 0 Å². The molecule has 0 aliphatic carbocycles. The average Bonchev–Trinajstić information content (AvgIpc) is 3.26. The van der Waals surface area contributed by atoms with Gasteiger partial charge >= 0.3 is 12.1 Å². The van der Waals surface area contributed by atoms with E-state index >= 15 is 0 Å². The molecule has 1 aromatic carbocycles. The molecular formula is C15H17N3O4. The minimum absolute atomic E-state index is 0.196. The topological polar surface area (TPSA) is 71.1 Å². The largest absolute Gasteiger partial charge is 0.454 e. The summed E-state index contributed by atoms with van der Waals surface area (Å²) < 4.78 is 10.7. The third-order valence-corrected chi connectivity index (χ3v) is 4.41. The summed E-state index contributed by atoms with van der Waals surface area (Å²) in [6.45, 7) is 2.54. The Morgan fingerprint density at radius 1 is 1.23 bits per heavy atom. The zero-order valence-electron chi connectivity index (χ0n) is 12.1. The van der Waals surface area contributed by atoms with Gasteiger partial charge in [0.2, 0.25) is 6.79 Å². The molecule has 22 heavy (non-hydrogen) atoms. The molecule has 4 amide bonds. The number of carbonyl (C=O) groups excluding carboxylic acids is 2. The summed E-state index contributed by atoms with van der Waals surface area (Å²) in [4.78, 5) is 27.0. The summed E-state index contributed by atoms with van der Waals surface area (Å²) in [5.41, 5.74) is 1.14. The first-order valence-corrected chi connectivity index (χ1v) is 7.46. The second-order valence-electron chi connectivity index (χ2n) is 5.71. The number of nitrogens with one attached hydrogen (secondary N) is 1. The standard InChI is InChI=1S/C15H17N3O4/c19-14-16-4-6-18(14)15(20)17-5-3-11(8-17)10-1-2-12-13(7-10)22-9-21-12/h1-2,7,11H,3-6,8-9H2,(H,16,19)/t11-/m1/s1. The zero-order chi connectivity index (χ0) is 15.1. The number of benzene rings is 1. The van der Waals surface area contributed by atoms with Crippen molar-refractivity contribution in [2.24, 2.45) is 0 Å². The van der Waals surface area contributed by atoms with E-state index < -0.39 is 0 Å². The monoisotopic (exact) mass is 303 g/mol. The Kier molecular flexibility index (Phi) is 3.06. The van der Waals surface area contributed by atoms with Gasteiger partial charge < -0.3 is 19.7 Å². The van der Waals surface area contributed by atoms with Crippen molar-refractivity contribution in [3.05, 3.63) is 23.8 Å². The van der Waals surface area contributed by atoms with E-state index in [0.29, 0.717) is 26.2 Å². The van der Waals surface area contributed by atoms with Crippen LogP contribution in [-0.4, -0.2) is 54.8 Å². The van der Waals surface area contributed by atoms with E-state index in [1.165, 1.54) is 4.90 Å². The van der Waals surface area contributed by atoms with Gasteiger partial charge in [0.1, 0.15) is 0 Å². The lowest BCUT2D eigenvalue weighted by atomic mass is 9.98. The fraction of sp³-hybridized carbons (Fsp3) is 0.467. The predicted molar refractivity (Wildman–Crippen MR) is 77.0 cm³/mol. The molecule has 4 rings (SSSR count). The van der Waals surface area contributed by atoms with Crippen LogP contribution in [-0.2, 0) is 0 Å². The van der Waals surface area contributed by atoms with Crippen molar-refractivity contribution in [2.75, 3.05) is 33.0 Å². The minimum atomic E-state index is -0.295. The molecule has 7 nitrogen and oxygen atoms in total. The Hall–Kier alpha value is -2.44. The number of amides is 4. The van der Waals surface area contributed by atoms with Crippen LogP contribution in [0, 0.1) is 0 Å². The summed E-state index contributed by atoms with van der Waals surface area (Å²) in [7, 11) is 0. The van der Waals surface area contributed by atoms with Gasteiger partial charge in [-0.05, 0) is 24.1 Å². The van der Waals surface area contributed by atoms with Crippen molar-refractivity contribution >= 4 is 12.1 Å². The van der Waals surface area contributed by atoms with E-state index in [2.05, 4.69) is 5.32 Å². The highest BCUT2D eigenvalue weighted by molar-refractivity contribution is 5.95. The summed E-state index contributed by atoms with van der Waals surface area (Å²) in [5, 5.41) is 2.65. The highest BCUT2D eigenvalue weighted by Crippen LogP contribution is 2.37. The molecule has 7 heteroatoms. The second kappa shape index (κ2) is 5.08. The molecule has 3 heterocycles. The van der Waals surface area contributed by atoms with E-state index in [1.54, 1.807) is 4.90 Å². The molecule has 2 fully saturated rings. The summed E-state index contributed by atoms with van der Waals surface area (Å²) in [6, 6.07) is 5.43. The average molecular weight is 303 g/mol. The predicted octanol–water partition coefficient (Wildman–Crippen LogP) is 1.35. The van der Waals surface area contributed by atoms with E-state index in [9.17, 15) is 9.59 Å². The molecule has 0 aromatic heterocycles. The van der Waals surface area contributed by atoms with Crippen LogP contribution in [0.3, 0.4) is 0 Å². The second-order valence-corrected chi connectivity index (χ2v) is 5.71. The van der Waals surface area contributed by atoms with Gasteiger partial charge in [0, 0.05) is 32.1 Å². The molecule has 116 valence electrons. The van der Waals surface area contributed by atoms with Crippen LogP contribution in [0.25, 0.3) is 0 Å². The number of nitrogens with zero attached hydrogens (tertiary/aromatic N) is 2. The maximum Gasteiger partial charge on any atom is 0.328 e. The molecule has 0 bridgehead atoms. The zero-order valence-corrected chi connectivity index (χ0v) is 12.1. The first-order valence-electron chi connectivity index (χ1n) is 7.46. The van der Waals surface area contributed by atoms with Crippen LogP contribution in [0.4, 0.5) is 9.59 Å². The number of rotatable bonds is 1. The molecule has 1 atom stereocenters. The number of fused-ring (bicyclic) bond motifs is 1. The lowest BCUT2D eigenvalue weighted by Crippen LogP contribution is -2.43.